The second-order valence-corrected chi connectivity index (χ2v) is 8.21. The molecule has 5 rings (SSSR count). The van der Waals surface area contributed by atoms with Crippen molar-refractivity contribution in [1.29, 1.82) is 0 Å². The second-order valence-electron chi connectivity index (χ2n) is 8.21. The van der Waals surface area contributed by atoms with Crippen LogP contribution in [0.15, 0.2) is 110 Å². The van der Waals surface area contributed by atoms with Gasteiger partial charge in [-0.1, -0.05) is 60.7 Å². The van der Waals surface area contributed by atoms with Gasteiger partial charge in [-0.15, -0.1) is 0 Å². The lowest BCUT2D eigenvalue weighted by molar-refractivity contribution is 0.0785. The van der Waals surface area contributed by atoms with Crippen molar-refractivity contribution < 1.29 is 4.79 Å². The fourth-order valence-corrected chi connectivity index (χ4v) is 3.96. The van der Waals surface area contributed by atoms with Gasteiger partial charge in [-0.25, -0.2) is 4.68 Å². The van der Waals surface area contributed by atoms with Gasteiger partial charge in [-0.3, -0.25) is 9.48 Å². The predicted molar refractivity (Wildman–Crippen MR) is 133 cm³/mol. The van der Waals surface area contributed by atoms with Crippen LogP contribution in [0.1, 0.15) is 21.5 Å². The molecule has 3 aromatic carbocycles. The summed E-state index contributed by atoms with van der Waals surface area (Å²) in [5, 5.41) is 9.09. The maximum Gasteiger partial charge on any atom is 0.253 e. The zero-order chi connectivity index (χ0) is 23.3. The first kappa shape index (κ1) is 21.4. The van der Waals surface area contributed by atoms with Gasteiger partial charge in [-0.05, 0) is 35.9 Å². The third-order valence-electron chi connectivity index (χ3n) is 5.72. The molecule has 1 amide bonds. The number of rotatable bonds is 7. The van der Waals surface area contributed by atoms with Crippen LogP contribution in [-0.4, -0.2) is 37.4 Å². The molecule has 0 radical (unpaired) electrons. The van der Waals surface area contributed by atoms with Crippen molar-refractivity contribution in [1.82, 2.24) is 24.5 Å². The molecule has 0 bridgehead atoms. The topological polar surface area (TPSA) is 56.0 Å². The highest BCUT2D eigenvalue weighted by atomic mass is 16.2. The molecule has 0 aliphatic carbocycles. The minimum absolute atomic E-state index is 0.0305. The number of aromatic nitrogens is 4. The number of para-hydroxylation sites is 1. The highest BCUT2D eigenvalue weighted by Crippen LogP contribution is 2.25. The van der Waals surface area contributed by atoms with Gasteiger partial charge in [0.1, 0.15) is 0 Å². The summed E-state index contributed by atoms with van der Waals surface area (Å²) in [6, 6.07) is 29.7. The maximum atomic E-state index is 13.2. The van der Waals surface area contributed by atoms with E-state index in [0.29, 0.717) is 18.7 Å². The maximum absolute atomic E-state index is 13.2. The lowest BCUT2D eigenvalue weighted by atomic mass is 10.1. The Labute approximate surface area is 198 Å². The highest BCUT2D eigenvalue weighted by molar-refractivity contribution is 5.94. The van der Waals surface area contributed by atoms with Gasteiger partial charge < -0.3 is 4.90 Å². The Morgan fingerprint density at radius 2 is 1.59 bits per heavy atom. The van der Waals surface area contributed by atoms with Gasteiger partial charge in [0.15, 0.2) is 0 Å². The van der Waals surface area contributed by atoms with E-state index in [9.17, 15) is 4.79 Å². The van der Waals surface area contributed by atoms with E-state index in [1.807, 2.05) is 120 Å². The van der Waals surface area contributed by atoms with Gasteiger partial charge in [0.25, 0.3) is 5.91 Å². The van der Waals surface area contributed by atoms with Crippen LogP contribution in [-0.2, 0) is 13.1 Å². The van der Waals surface area contributed by atoms with Gasteiger partial charge in [0.2, 0.25) is 0 Å². The molecule has 168 valence electrons. The molecule has 6 nitrogen and oxygen atoms in total. The van der Waals surface area contributed by atoms with Gasteiger partial charge in [0, 0.05) is 48.9 Å². The average Bonchev–Trinajstić information content (AvgIpc) is 3.55. The Balaban J connectivity index is 1.37. The summed E-state index contributed by atoms with van der Waals surface area (Å²) >= 11 is 0. The van der Waals surface area contributed by atoms with E-state index in [1.165, 1.54) is 0 Å². The normalized spacial score (nSPS) is 10.9. The molecule has 2 heterocycles. The van der Waals surface area contributed by atoms with Crippen molar-refractivity contribution in [2.75, 3.05) is 7.05 Å². The van der Waals surface area contributed by atoms with E-state index < -0.39 is 0 Å². The molecular weight excluding hydrogens is 422 g/mol. The Bertz CT molecular complexity index is 1360. The van der Waals surface area contributed by atoms with E-state index >= 15 is 0 Å². The lowest BCUT2D eigenvalue weighted by Gasteiger charge is -2.17. The number of benzene rings is 3. The third kappa shape index (κ3) is 4.66. The van der Waals surface area contributed by atoms with Crippen molar-refractivity contribution in [3.8, 4) is 16.9 Å². The molecule has 0 saturated carbocycles. The first-order valence-corrected chi connectivity index (χ1v) is 11.2. The number of carbonyl (C=O) groups excluding carboxylic acids is 1. The van der Waals surface area contributed by atoms with Crippen LogP contribution >= 0.6 is 0 Å². The van der Waals surface area contributed by atoms with Crippen LogP contribution in [0.2, 0.25) is 0 Å². The Kier molecular flexibility index (Phi) is 6.03. The molecule has 0 fully saturated rings. The molecule has 6 heteroatoms. The Morgan fingerprint density at radius 1 is 0.882 bits per heavy atom. The minimum Gasteiger partial charge on any atom is -0.337 e. The molecule has 0 spiro atoms. The summed E-state index contributed by atoms with van der Waals surface area (Å²) in [6.07, 6.45) is 5.69. The smallest absolute Gasteiger partial charge is 0.253 e. The summed E-state index contributed by atoms with van der Waals surface area (Å²) in [5.41, 5.74) is 5.62. The number of carbonyl (C=O) groups is 1. The van der Waals surface area contributed by atoms with Crippen molar-refractivity contribution in [3.63, 3.8) is 0 Å². The van der Waals surface area contributed by atoms with Crippen LogP contribution in [0.25, 0.3) is 16.9 Å². The lowest BCUT2D eigenvalue weighted by Crippen LogP contribution is -2.26. The Morgan fingerprint density at radius 3 is 2.26 bits per heavy atom. The molecular formula is C28H25N5O. The zero-order valence-corrected chi connectivity index (χ0v) is 19.0. The number of amides is 1. The van der Waals surface area contributed by atoms with Crippen molar-refractivity contribution >= 4 is 5.91 Å². The molecule has 5 aromatic rings. The summed E-state index contributed by atoms with van der Waals surface area (Å²) in [7, 11) is 1.83. The number of nitrogens with zero attached hydrogens (tertiary/aromatic N) is 5. The summed E-state index contributed by atoms with van der Waals surface area (Å²) < 4.78 is 3.73. The molecule has 0 N–H and O–H groups in total. The van der Waals surface area contributed by atoms with Crippen molar-refractivity contribution in [2.45, 2.75) is 13.1 Å². The molecule has 0 atom stereocenters. The minimum atomic E-state index is -0.0305. The monoisotopic (exact) mass is 447 g/mol. The van der Waals surface area contributed by atoms with Crippen LogP contribution in [0.5, 0.6) is 0 Å². The van der Waals surface area contributed by atoms with E-state index in [0.717, 1.165) is 28.1 Å². The highest BCUT2D eigenvalue weighted by Gasteiger charge is 2.18. The quantitative estimate of drug-likeness (QED) is 0.351. The second kappa shape index (κ2) is 9.58. The predicted octanol–water partition coefficient (Wildman–Crippen LogP) is 5.06. The summed E-state index contributed by atoms with van der Waals surface area (Å²) in [4.78, 5) is 14.9. The Hall–Kier alpha value is -4.45. The molecule has 0 aliphatic rings. The van der Waals surface area contributed by atoms with E-state index in [4.69, 9.17) is 5.10 Å². The summed E-state index contributed by atoms with van der Waals surface area (Å²) in [5.74, 6) is -0.0305. The third-order valence-corrected chi connectivity index (χ3v) is 5.72. The molecule has 0 saturated heterocycles. The average molecular weight is 448 g/mol. The van der Waals surface area contributed by atoms with Crippen molar-refractivity contribution in [2.24, 2.45) is 0 Å². The zero-order valence-electron chi connectivity index (χ0n) is 19.0. The molecule has 2 aromatic heterocycles. The number of hydrogen-bond donors (Lipinski definition) is 0. The van der Waals surface area contributed by atoms with E-state index in [2.05, 4.69) is 5.10 Å². The fourth-order valence-electron chi connectivity index (χ4n) is 3.96. The standard InChI is InChI=1S/C28H25N5O/c1-31(28(34)24-15-13-22(14-16-24)19-32-18-8-17-29-32)20-25-21-33(26-11-6-3-7-12-26)30-27(25)23-9-4-2-5-10-23/h2-18,21H,19-20H2,1H3. The summed E-state index contributed by atoms with van der Waals surface area (Å²) in [6.45, 7) is 1.13. The van der Waals surface area contributed by atoms with Crippen molar-refractivity contribution in [3.05, 3.63) is 126 Å². The number of hydrogen-bond acceptors (Lipinski definition) is 3. The molecule has 34 heavy (non-hydrogen) atoms. The van der Waals surface area contributed by atoms with Crippen LogP contribution in [0.3, 0.4) is 0 Å². The van der Waals surface area contributed by atoms with Gasteiger partial charge >= 0.3 is 0 Å². The van der Waals surface area contributed by atoms with Crippen LogP contribution in [0.4, 0.5) is 0 Å². The van der Waals surface area contributed by atoms with Crippen LogP contribution < -0.4 is 0 Å². The molecule has 0 unspecified atom stereocenters. The SMILES string of the molecule is CN(Cc1cn(-c2ccccc2)nc1-c1ccccc1)C(=O)c1ccc(Cn2cccn2)cc1. The largest absolute Gasteiger partial charge is 0.337 e. The van der Waals surface area contributed by atoms with E-state index in [1.54, 1.807) is 11.1 Å². The van der Waals surface area contributed by atoms with Gasteiger partial charge in [0.05, 0.1) is 17.9 Å². The fraction of sp³-hybridized carbons (Fsp3) is 0.107. The first-order chi connectivity index (χ1) is 16.7. The molecule has 0 aliphatic heterocycles. The first-order valence-electron chi connectivity index (χ1n) is 11.2. The van der Waals surface area contributed by atoms with E-state index in [-0.39, 0.29) is 5.91 Å². The van der Waals surface area contributed by atoms with Crippen LogP contribution in [0, 0.1) is 0 Å². The van der Waals surface area contributed by atoms with Gasteiger partial charge in [-0.2, -0.15) is 10.2 Å².